The second kappa shape index (κ2) is 4.21. The van der Waals surface area contributed by atoms with Gasteiger partial charge in [-0.15, -0.1) is 0 Å². The smallest absolute Gasteiger partial charge is 0.207 e. The fourth-order valence-corrected chi connectivity index (χ4v) is 1.58. The third-order valence-corrected chi connectivity index (χ3v) is 2.36. The van der Waals surface area contributed by atoms with E-state index in [9.17, 15) is 17.6 Å². The number of aryl methyl sites for hydroxylation is 1. The Labute approximate surface area is 83.3 Å². The first kappa shape index (κ1) is 11.4. The van der Waals surface area contributed by atoms with E-state index in [0.29, 0.717) is 12.0 Å². The highest BCUT2D eigenvalue weighted by Gasteiger charge is 2.29. The third-order valence-electron chi connectivity index (χ3n) is 1.64. The Balaban J connectivity index is 2.87. The van der Waals surface area contributed by atoms with Gasteiger partial charge in [-0.1, -0.05) is 13.0 Å². The lowest BCUT2D eigenvalue weighted by Gasteiger charge is -2.06. The molecule has 0 N–H and O–H groups in total. The molecule has 0 aromatic heterocycles. The van der Waals surface area contributed by atoms with Gasteiger partial charge in [0.1, 0.15) is 5.82 Å². The third kappa shape index (κ3) is 3.21. The Bertz CT molecular complexity index is 319. The minimum absolute atomic E-state index is 0.118. The Morgan fingerprint density at radius 2 is 1.93 bits per heavy atom. The van der Waals surface area contributed by atoms with Crippen molar-refractivity contribution < 1.29 is 17.6 Å². The van der Waals surface area contributed by atoms with Crippen LogP contribution in [0.15, 0.2) is 23.1 Å². The number of benzene rings is 1. The molecule has 0 amide bonds. The van der Waals surface area contributed by atoms with Gasteiger partial charge in [0, 0.05) is 4.90 Å². The van der Waals surface area contributed by atoms with Crippen LogP contribution in [0.1, 0.15) is 12.5 Å². The monoisotopic (exact) mass is 224 g/mol. The van der Waals surface area contributed by atoms with Crippen molar-refractivity contribution in [3.63, 3.8) is 0 Å². The van der Waals surface area contributed by atoms with Crippen LogP contribution in [0.2, 0.25) is 0 Å². The van der Waals surface area contributed by atoms with Crippen molar-refractivity contribution in [1.29, 1.82) is 0 Å². The van der Waals surface area contributed by atoms with Gasteiger partial charge in [0.25, 0.3) is 0 Å². The summed E-state index contributed by atoms with van der Waals surface area (Å²) < 4.78 is 48.7. The molecule has 0 atom stereocenters. The van der Waals surface area contributed by atoms with Crippen LogP contribution in [0.25, 0.3) is 0 Å². The molecule has 0 aliphatic heterocycles. The van der Waals surface area contributed by atoms with E-state index in [4.69, 9.17) is 0 Å². The molecule has 78 valence electrons. The Morgan fingerprint density at radius 1 is 1.29 bits per heavy atom. The zero-order valence-electron chi connectivity index (χ0n) is 7.36. The molecular formula is C9H8F4S. The number of hydrogen-bond acceptors (Lipinski definition) is 1. The first-order chi connectivity index (χ1) is 6.42. The van der Waals surface area contributed by atoms with Crippen molar-refractivity contribution in [1.82, 2.24) is 0 Å². The van der Waals surface area contributed by atoms with Gasteiger partial charge in [0.2, 0.25) is 0 Å². The highest BCUT2D eigenvalue weighted by molar-refractivity contribution is 8.00. The predicted molar refractivity (Wildman–Crippen MR) is 47.7 cm³/mol. The molecule has 0 aliphatic carbocycles. The topological polar surface area (TPSA) is 0 Å². The maximum atomic E-state index is 13.0. The number of thioether (sulfide) groups is 1. The number of hydrogen-bond donors (Lipinski definition) is 0. The fourth-order valence-electron chi connectivity index (χ4n) is 1.01. The summed E-state index contributed by atoms with van der Waals surface area (Å²) in [5, 5.41) is 0. The Morgan fingerprint density at radius 3 is 2.36 bits per heavy atom. The van der Waals surface area contributed by atoms with Crippen LogP contribution < -0.4 is 0 Å². The quantitative estimate of drug-likeness (QED) is 0.540. The molecule has 0 spiro atoms. The number of rotatable bonds is 2. The summed E-state index contributed by atoms with van der Waals surface area (Å²) in [6, 6.07) is 3.57. The lowest BCUT2D eigenvalue weighted by atomic mass is 10.2. The summed E-state index contributed by atoms with van der Waals surface area (Å²) in [4.78, 5) is -0.118. The predicted octanol–water partition coefficient (Wildman–Crippen LogP) is 4.00. The minimum Gasteiger partial charge on any atom is -0.207 e. The van der Waals surface area contributed by atoms with Crippen molar-refractivity contribution in [3.8, 4) is 0 Å². The SMILES string of the molecule is CCc1ccc(SC(F)(F)F)cc1F. The second-order valence-corrected chi connectivity index (χ2v) is 3.79. The molecule has 1 rings (SSSR count). The van der Waals surface area contributed by atoms with Crippen LogP contribution in [0.5, 0.6) is 0 Å². The summed E-state index contributed by atoms with van der Waals surface area (Å²) in [5.74, 6) is -0.582. The molecule has 0 nitrogen and oxygen atoms in total. The zero-order valence-corrected chi connectivity index (χ0v) is 8.18. The summed E-state index contributed by atoms with van der Waals surface area (Å²) in [5.41, 5.74) is -3.93. The first-order valence-corrected chi connectivity index (χ1v) is 4.78. The van der Waals surface area contributed by atoms with E-state index in [1.54, 1.807) is 6.92 Å². The van der Waals surface area contributed by atoms with E-state index >= 15 is 0 Å². The first-order valence-electron chi connectivity index (χ1n) is 3.96. The van der Waals surface area contributed by atoms with Crippen LogP contribution in [0.4, 0.5) is 17.6 Å². The summed E-state index contributed by atoms with van der Waals surface area (Å²) in [6.45, 7) is 1.75. The van der Waals surface area contributed by atoms with Crippen LogP contribution >= 0.6 is 11.8 Å². The Hall–Kier alpha value is -0.710. The van der Waals surface area contributed by atoms with Gasteiger partial charge in [-0.3, -0.25) is 0 Å². The molecule has 1 aromatic carbocycles. The van der Waals surface area contributed by atoms with Gasteiger partial charge >= 0.3 is 5.51 Å². The average molecular weight is 224 g/mol. The average Bonchev–Trinajstić information content (AvgIpc) is 2.01. The van der Waals surface area contributed by atoms with Gasteiger partial charge in [-0.25, -0.2) is 4.39 Å². The normalized spacial score (nSPS) is 11.8. The van der Waals surface area contributed by atoms with E-state index in [2.05, 4.69) is 0 Å². The zero-order chi connectivity index (χ0) is 10.8. The van der Waals surface area contributed by atoms with Gasteiger partial charge < -0.3 is 0 Å². The van der Waals surface area contributed by atoms with Gasteiger partial charge in [0.15, 0.2) is 0 Å². The van der Waals surface area contributed by atoms with Crippen molar-refractivity contribution in [2.45, 2.75) is 23.7 Å². The fraction of sp³-hybridized carbons (Fsp3) is 0.333. The largest absolute Gasteiger partial charge is 0.446 e. The van der Waals surface area contributed by atoms with E-state index in [0.717, 1.165) is 6.07 Å². The molecular weight excluding hydrogens is 216 g/mol. The highest BCUT2D eigenvalue weighted by atomic mass is 32.2. The van der Waals surface area contributed by atoms with E-state index < -0.39 is 11.3 Å². The maximum absolute atomic E-state index is 13.0. The summed E-state index contributed by atoms with van der Waals surface area (Å²) in [7, 11) is 0. The van der Waals surface area contributed by atoms with Crippen LogP contribution in [0.3, 0.4) is 0 Å². The van der Waals surface area contributed by atoms with E-state index in [1.807, 2.05) is 0 Å². The van der Waals surface area contributed by atoms with Crippen molar-refractivity contribution in [3.05, 3.63) is 29.6 Å². The van der Waals surface area contributed by atoms with E-state index in [-0.39, 0.29) is 16.7 Å². The maximum Gasteiger partial charge on any atom is 0.446 e. The lowest BCUT2D eigenvalue weighted by Crippen LogP contribution is -1.99. The van der Waals surface area contributed by atoms with Crippen molar-refractivity contribution >= 4 is 11.8 Å². The standard InChI is InChI=1S/C9H8F4S/c1-2-6-3-4-7(5-8(6)10)14-9(11,12)13/h3-5H,2H2,1H3. The van der Waals surface area contributed by atoms with Crippen LogP contribution in [-0.4, -0.2) is 5.51 Å². The van der Waals surface area contributed by atoms with E-state index in [1.165, 1.54) is 12.1 Å². The van der Waals surface area contributed by atoms with Crippen molar-refractivity contribution in [2.75, 3.05) is 0 Å². The molecule has 5 heteroatoms. The molecule has 0 saturated carbocycles. The summed E-state index contributed by atoms with van der Waals surface area (Å²) in [6.07, 6.45) is 0.475. The molecule has 0 fully saturated rings. The summed E-state index contributed by atoms with van der Waals surface area (Å²) >= 11 is -0.306. The molecule has 1 aromatic rings. The van der Waals surface area contributed by atoms with Crippen LogP contribution in [-0.2, 0) is 6.42 Å². The van der Waals surface area contributed by atoms with Gasteiger partial charge in [0.05, 0.1) is 0 Å². The molecule has 0 aliphatic rings. The molecule has 0 saturated heterocycles. The molecule has 0 unspecified atom stereocenters. The van der Waals surface area contributed by atoms with Gasteiger partial charge in [-0.2, -0.15) is 13.2 Å². The number of halogens is 4. The molecule has 0 radical (unpaired) electrons. The number of alkyl halides is 3. The molecule has 14 heavy (non-hydrogen) atoms. The molecule has 0 heterocycles. The van der Waals surface area contributed by atoms with Gasteiger partial charge in [-0.05, 0) is 35.9 Å². The minimum atomic E-state index is -4.36. The highest BCUT2D eigenvalue weighted by Crippen LogP contribution is 2.37. The lowest BCUT2D eigenvalue weighted by molar-refractivity contribution is -0.0328. The molecule has 0 bridgehead atoms. The van der Waals surface area contributed by atoms with Crippen molar-refractivity contribution in [2.24, 2.45) is 0 Å². The second-order valence-electron chi connectivity index (χ2n) is 2.65. The van der Waals surface area contributed by atoms with Crippen LogP contribution in [0, 0.1) is 5.82 Å². The Kier molecular flexibility index (Phi) is 3.42.